The summed E-state index contributed by atoms with van der Waals surface area (Å²) in [6, 6.07) is 15.0. The first-order valence-corrected chi connectivity index (χ1v) is 9.60. The van der Waals surface area contributed by atoms with Crippen LogP contribution in [-0.2, 0) is 11.3 Å². The molecule has 0 saturated carbocycles. The van der Waals surface area contributed by atoms with Crippen LogP contribution in [0, 0.1) is 5.41 Å². The van der Waals surface area contributed by atoms with Gasteiger partial charge in [-0.25, -0.2) is 4.99 Å². The summed E-state index contributed by atoms with van der Waals surface area (Å²) in [5.41, 5.74) is 8.99. The Balaban J connectivity index is 2.18. The zero-order valence-corrected chi connectivity index (χ0v) is 18.1. The molecule has 2 rings (SSSR count). The van der Waals surface area contributed by atoms with Crippen molar-refractivity contribution in [1.29, 1.82) is 5.41 Å². The summed E-state index contributed by atoms with van der Waals surface area (Å²) in [6.07, 6.45) is 2.49. The average Bonchev–Trinajstić information content (AvgIpc) is 2.81. The molecule has 0 radical (unpaired) electrons. The quantitative estimate of drug-likeness (QED) is 0.443. The monoisotopic (exact) mass is 420 g/mol. The van der Waals surface area contributed by atoms with Crippen LogP contribution in [0.5, 0.6) is 11.5 Å². The first kappa shape index (κ1) is 23.4. The Kier molecular flexibility index (Phi) is 9.04. The fraction of sp³-hybridized carbons (Fsp3) is 0.208. The van der Waals surface area contributed by atoms with Gasteiger partial charge in [0, 0.05) is 12.3 Å². The van der Waals surface area contributed by atoms with Crippen LogP contribution in [0.15, 0.2) is 76.2 Å². The third-order valence-corrected chi connectivity index (χ3v) is 4.43. The number of methoxy groups -OCH3 is 2. The summed E-state index contributed by atoms with van der Waals surface area (Å²) in [5, 5.41) is 7.84. The molecule has 0 saturated heterocycles. The lowest BCUT2D eigenvalue weighted by molar-refractivity contribution is 0.346. The van der Waals surface area contributed by atoms with Crippen LogP contribution in [0.3, 0.4) is 0 Å². The van der Waals surface area contributed by atoms with Gasteiger partial charge in [-0.05, 0) is 35.8 Å². The summed E-state index contributed by atoms with van der Waals surface area (Å²) >= 11 is 0. The first-order chi connectivity index (χ1) is 15.0. The van der Waals surface area contributed by atoms with Crippen molar-refractivity contribution >= 4 is 24.1 Å². The molecule has 0 spiro atoms. The molecule has 7 nitrogen and oxygen atoms in total. The van der Waals surface area contributed by atoms with E-state index in [2.05, 4.69) is 16.6 Å². The smallest absolute Gasteiger partial charge is 0.222 e. The van der Waals surface area contributed by atoms with Gasteiger partial charge in [-0.15, -0.1) is 0 Å². The number of rotatable bonds is 10. The average molecular weight is 421 g/mol. The number of ether oxygens (including phenoxy) is 3. The van der Waals surface area contributed by atoms with Crippen LogP contribution in [0.2, 0.25) is 0 Å². The van der Waals surface area contributed by atoms with Crippen molar-refractivity contribution in [2.75, 3.05) is 20.8 Å². The van der Waals surface area contributed by atoms with Crippen LogP contribution >= 0.6 is 0 Å². The minimum absolute atomic E-state index is 0.267. The first-order valence-electron chi connectivity index (χ1n) is 9.60. The molecular weight excluding hydrogens is 392 g/mol. The Labute approximate surface area is 183 Å². The van der Waals surface area contributed by atoms with Gasteiger partial charge < -0.3 is 25.4 Å². The molecule has 0 aromatic heterocycles. The predicted molar refractivity (Wildman–Crippen MR) is 126 cm³/mol. The summed E-state index contributed by atoms with van der Waals surface area (Å²) in [6.45, 7) is 6.68. The van der Waals surface area contributed by atoms with E-state index in [-0.39, 0.29) is 6.61 Å². The number of nitrogens with one attached hydrogen (secondary N) is 1. The van der Waals surface area contributed by atoms with Gasteiger partial charge in [0.2, 0.25) is 5.90 Å². The molecule has 162 valence electrons. The van der Waals surface area contributed by atoms with E-state index in [1.807, 2.05) is 49.4 Å². The molecule has 0 bridgehead atoms. The molecule has 0 aliphatic rings. The van der Waals surface area contributed by atoms with Gasteiger partial charge in [-0.3, -0.25) is 4.99 Å². The van der Waals surface area contributed by atoms with Gasteiger partial charge >= 0.3 is 0 Å². The third-order valence-electron chi connectivity index (χ3n) is 4.43. The third kappa shape index (κ3) is 6.85. The fourth-order valence-electron chi connectivity index (χ4n) is 2.69. The number of hydrogen-bond acceptors (Lipinski definition) is 6. The molecule has 2 aromatic carbocycles. The van der Waals surface area contributed by atoms with E-state index in [0.29, 0.717) is 35.2 Å². The van der Waals surface area contributed by atoms with Crippen molar-refractivity contribution in [2.45, 2.75) is 13.5 Å². The predicted octanol–water partition coefficient (Wildman–Crippen LogP) is 4.24. The topological polar surface area (TPSA) is 102 Å². The van der Waals surface area contributed by atoms with Gasteiger partial charge in [0.1, 0.15) is 18.1 Å². The number of nitrogens with two attached hydrogens (primary N) is 1. The van der Waals surface area contributed by atoms with Gasteiger partial charge in [0.25, 0.3) is 0 Å². The molecule has 0 amide bonds. The van der Waals surface area contributed by atoms with E-state index in [9.17, 15) is 0 Å². The summed E-state index contributed by atoms with van der Waals surface area (Å²) in [7, 11) is 3.12. The minimum Gasteiger partial charge on any atom is -0.497 e. The molecule has 0 aliphatic carbocycles. The Morgan fingerprint density at radius 1 is 1.13 bits per heavy atom. The molecule has 0 heterocycles. The second-order valence-electron chi connectivity index (χ2n) is 6.56. The largest absolute Gasteiger partial charge is 0.497 e. The maximum atomic E-state index is 7.84. The van der Waals surface area contributed by atoms with Crippen LogP contribution in [0.4, 0.5) is 0 Å². The van der Waals surface area contributed by atoms with Crippen molar-refractivity contribution in [2.24, 2.45) is 15.7 Å². The van der Waals surface area contributed by atoms with Gasteiger partial charge in [0.15, 0.2) is 0 Å². The molecule has 3 N–H and O–H groups in total. The molecular formula is C24H28N4O3. The van der Waals surface area contributed by atoms with Crippen LogP contribution in [0.1, 0.15) is 18.1 Å². The molecule has 0 aliphatic heterocycles. The Hall–Kier alpha value is -3.87. The highest BCUT2D eigenvalue weighted by Crippen LogP contribution is 2.21. The van der Waals surface area contributed by atoms with E-state index in [4.69, 9.17) is 25.4 Å². The summed E-state index contributed by atoms with van der Waals surface area (Å²) < 4.78 is 16.5. The zero-order chi connectivity index (χ0) is 22.6. The highest BCUT2D eigenvalue weighted by Gasteiger charge is 2.12. The van der Waals surface area contributed by atoms with E-state index in [1.165, 1.54) is 19.7 Å². The number of nitrogens with zero attached hydrogens (tertiary/aromatic N) is 2. The number of benzene rings is 2. The van der Waals surface area contributed by atoms with E-state index in [1.54, 1.807) is 13.2 Å². The second kappa shape index (κ2) is 12.0. The fourth-order valence-corrected chi connectivity index (χ4v) is 2.69. The standard InChI is InChI=1S/C24H28N4O3/c1-17(15-31-22-7-5-6-21(12-22)29-3)23(13-25)24(30-4)28-18(2)20-10-8-19(9-11-20)14-27-16-26/h5-13,16,25H,2,14-15H2,1,3-4H3,(H2,26,27)/b23-17-,25-13?,28-24?. The molecule has 7 heteroatoms. The van der Waals surface area contributed by atoms with E-state index < -0.39 is 0 Å². The second-order valence-corrected chi connectivity index (χ2v) is 6.56. The number of aliphatic imine (C=N–C) groups is 2. The van der Waals surface area contributed by atoms with Crippen LogP contribution in [0.25, 0.3) is 5.70 Å². The summed E-state index contributed by atoms with van der Waals surface area (Å²) in [4.78, 5) is 8.51. The maximum absolute atomic E-state index is 7.84. The maximum Gasteiger partial charge on any atom is 0.222 e. The van der Waals surface area contributed by atoms with Crippen molar-refractivity contribution in [1.82, 2.24) is 0 Å². The van der Waals surface area contributed by atoms with Crippen molar-refractivity contribution < 1.29 is 14.2 Å². The highest BCUT2D eigenvalue weighted by molar-refractivity contribution is 6.13. The molecule has 0 atom stereocenters. The minimum atomic E-state index is 0.267. The lowest BCUT2D eigenvalue weighted by Gasteiger charge is -2.13. The van der Waals surface area contributed by atoms with Crippen molar-refractivity contribution in [3.63, 3.8) is 0 Å². The van der Waals surface area contributed by atoms with E-state index >= 15 is 0 Å². The zero-order valence-electron chi connectivity index (χ0n) is 18.1. The van der Waals surface area contributed by atoms with Gasteiger partial charge in [-0.1, -0.05) is 36.9 Å². The molecule has 0 unspecified atom stereocenters. The Morgan fingerprint density at radius 3 is 2.45 bits per heavy atom. The van der Waals surface area contributed by atoms with Gasteiger partial charge in [0.05, 0.1) is 38.4 Å². The number of hydrogen-bond donors (Lipinski definition) is 2. The molecule has 31 heavy (non-hydrogen) atoms. The van der Waals surface area contributed by atoms with Crippen molar-refractivity contribution in [3.05, 3.63) is 77.4 Å². The lowest BCUT2D eigenvalue weighted by Crippen LogP contribution is -2.12. The van der Waals surface area contributed by atoms with E-state index in [0.717, 1.165) is 16.7 Å². The van der Waals surface area contributed by atoms with Crippen LogP contribution in [-0.4, -0.2) is 39.3 Å². The Bertz CT molecular complexity index is 992. The summed E-state index contributed by atoms with van der Waals surface area (Å²) in [5.74, 6) is 1.67. The van der Waals surface area contributed by atoms with Gasteiger partial charge in [-0.2, -0.15) is 0 Å². The van der Waals surface area contributed by atoms with Crippen molar-refractivity contribution in [3.8, 4) is 11.5 Å². The molecule has 0 fully saturated rings. The van der Waals surface area contributed by atoms with Crippen LogP contribution < -0.4 is 15.2 Å². The SMILES string of the molecule is C=C(N=C(OC)/C(C=N)=C(/C)COc1cccc(OC)c1)c1ccc(CN=CN)cc1. The lowest BCUT2D eigenvalue weighted by atomic mass is 10.1. The molecule has 2 aromatic rings. The normalized spacial score (nSPS) is 12.3. The highest BCUT2D eigenvalue weighted by atomic mass is 16.5. The Morgan fingerprint density at radius 2 is 1.84 bits per heavy atom.